The van der Waals surface area contributed by atoms with E-state index in [0.29, 0.717) is 18.4 Å². The number of alkyl halides is 2. The number of aromatic nitrogens is 1. The summed E-state index contributed by atoms with van der Waals surface area (Å²) in [6.45, 7) is 0. The maximum atomic E-state index is 12.5. The van der Waals surface area contributed by atoms with E-state index in [4.69, 9.17) is 5.73 Å². The van der Waals surface area contributed by atoms with Crippen molar-refractivity contribution >= 4 is 5.82 Å². The average molecular weight is 174 g/mol. The van der Waals surface area contributed by atoms with Gasteiger partial charge in [-0.05, 0) is 12.8 Å². The van der Waals surface area contributed by atoms with Crippen LogP contribution < -0.4 is 5.73 Å². The Morgan fingerprint density at radius 1 is 1.58 bits per heavy atom. The van der Waals surface area contributed by atoms with Gasteiger partial charge in [-0.25, -0.2) is 8.78 Å². The first-order valence-corrected chi connectivity index (χ1v) is 3.65. The van der Waals surface area contributed by atoms with Gasteiger partial charge in [-0.2, -0.15) is 0 Å². The van der Waals surface area contributed by atoms with Crippen molar-refractivity contribution in [3.05, 3.63) is 11.8 Å². The molecule has 1 saturated carbocycles. The summed E-state index contributed by atoms with van der Waals surface area (Å²) in [4.78, 5) is 0. The van der Waals surface area contributed by atoms with Crippen LogP contribution in [-0.4, -0.2) is 11.6 Å². The van der Waals surface area contributed by atoms with Gasteiger partial charge in [0.15, 0.2) is 5.82 Å². The van der Waals surface area contributed by atoms with Crippen LogP contribution in [0.5, 0.6) is 0 Å². The molecule has 1 aromatic rings. The molecule has 3 nitrogen and oxygen atoms in total. The lowest BCUT2D eigenvalue weighted by Crippen LogP contribution is -2.18. The molecule has 0 spiro atoms. The minimum Gasteiger partial charge on any atom is -0.381 e. The second-order valence-electron chi connectivity index (χ2n) is 3.07. The monoisotopic (exact) mass is 174 g/mol. The van der Waals surface area contributed by atoms with Gasteiger partial charge in [0.2, 0.25) is 6.43 Å². The van der Waals surface area contributed by atoms with Crippen molar-refractivity contribution in [2.45, 2.75) is 24.7 Å². The minimum absolute atomic E-state index is 0.0906. The van der Waals surface area contributed by atoms with E-state index in [2.05, 4.69) is 9.68 Å². The van der Waals surface area contributed by atoms with Crippen LogP contribution in [0.15, 0.2) is 10.8 Å². The molecular weight excluding hydrogens is 166 g/mol. The molecule has 5 heteroatoms. The van der Waals surface area contributed by atoms with Gasteiger partial charge in [0, 0.05) is 5.56 Å². The van der Waals surface area contributed by atoms with E-state index in [0.717, 1.165) is 0 Å². The summed E-state index contributed by atoms with van der Waals surface area (Å²) in [7, 11) is 0. The summed E-state index contributed by atoms with van der Waals surface area (Å²) >= 11 is 0. The van der Waals surface area contributed by atoms with Gasteiger partial charge in [0.05, 0.1) is 5.41 Å². The number of rotatable bonds is 2. The molecule has 0 bridgehead atoms. The van der Waals surface area contributed by atoms with Gasteiger partial charge in [0.1, 0.15) is 6.26 Å². The van der Waals surface area contributed by atoms with Gasteiger partial charge in [0.25, 0.3) is 0 Å². The number of hydrogen-bond donors (Lipinski definition) is 1. The van der Waals surface area contributed by atoms with Crippen molar-refractivity contribution < 1.29 is 13.3 Å². The smallest absolute Gasteiger partial charge is 0.248 e. The predicted molar refractivity (Wildman–Crippen MR) is 37.8 cm³/mol. The van der Waals surface area contributed by atoms with E-state index in [-0.39, 0.29) is 5.82 Å². The van der Waals surface area contributed by atoms with Gasteiger partial charge in [-0.3, -0.25) is 0 Å². The van der Waals surface area contributed by atoms with Crippen LogP contribution in [0, 0.1) is 0 Å². The third-order valence-electron chi connectivity index (χ3n) is 2.34. The molecule has 12 heavy (non-hydrogen) atoms. The normalized spacial score (nSPS) is 19.9. The van der Waals surface area contributed by atoms with E-state index in [1.54, 1.807) is 0 Å². The number of anilines is 1. The molecule has 1 aliphatic rings. The molecule has 0 aromatic carbocycles. The summed E-state index contributed by atoms with van der Waals surface area (Å²) < 4.78 is 29.5. The predicted octanol–water partition coefficient (Wildman–Crippen LogP) is 1.55. The van der Waals surface area contributed by atoms with Crippen molar-refractivity contribution in [1.82, 2.24) is 5.16 Å². The zero-order chi connectivity index (χ0) is 8.77. The second kappa shape index (κ2) is 2.18. The quantitative estimate of drug-likeness (QED) is 0.740. The number of halogens is 2. The highest BCUT2D eigenvalue weighted by atomic mass is 19.3. The van der Waals surface area contributed by atoms with Crippen LogP contribution in [0.3, 0.4) is 0 Å². The standard InChI is InChI=1S/C7H8F2N2O/c8-6(9)7(1-2-7)4-3-12-11-5(4)10/h3,6H,1-2H2,(H2,10,11). The molecule has 0 atom stereocenters. The maximum absolute atomic E-state index is 12.5. The highest BCUT2D eigenvalue weighted by Crippen LogP contribution is 2.54. The Bertz CT molecular complexity index is 293. The van der Waals surface area contributed by atoms with Crippen molar-refractivity contribution in [3.8, 4) is 0 Å². The summed E-state index contributed by atoms with van der Waals surface area (Å²) in [5.74, 6) is 0.0906. The van der Waals surface area contributed by atoms with Crippen LogP contribution in [0.2, 0.25) is 0 Å². The van der Waals surface area contributed by atoms with Crippen LogP contribution in [0.25, 0.3) is 0 Å². The van der Waals surface area contributed by atoms with Gasteiger partial charge in [-0.1, -0.05) is 5.16 Å². The lowest BCUT2D eigenvalue weighted by Gasteiger charge is -2.10. The van der Waals surface area contributed by atoms with Crippen molar-refractivity contribution in [2.75, 3.05) is 5.73 Å². The molecule has 2 N–H and O–H groups in total. The fourth-order valence-electron chi connectivity index (χ4n) is 1.36. The van der Waals surface area contributed by atoms with Crippen molar-refractivity contribution in [1.29, 1.82) is 0 Å². The van der Waals surface area contributed by atoms with Gasteiger partial charge < -0.3 is 10.3 Å². The van der Waals surface area contributed by atoms with E-state index in [9.17, 15) is 8.78 Å². The molecule has 0 aliphatic heterocycles. The highest BCUT2D eigenvalue weighted by molar-refractivity contribution is 5.45. The van der Waals surface area contributed by atoms with Gasteiger partial charge in [-0.15, -0.1) is 0 Å². The minimum atomic E-state index is -2.38. The largest absolute Gasteiger partial charge is 0.381 e. The van der Waals surface area contributed by atoms with Crippen LogP contribution in [0.4, 0.5) is 14.6 Å². The van der Waals surface area contributed by atoms with Crippen LogP contribution >= 0.6 is 0 Å². The molecule has 0 amide bonds. The molecule has 1 fully saturated rings. The fourth-order valence-corrected chi connectivity index (χ4v) is 1.36. The molecule has 1 aromatic heterocycles. The Morgan fingerprint density at radius 3 is 2.58 bits per heavy atom. The SMILES string of the molecule is Nc1nocc1C1(C(F)F)CC1. The fraction of sp³-hybridized carbons (Fsp3) is 0.571. The summed E-state index contributed by atoms with van der Waals surface area (Å²) in [5, 5.41) is 3.37. The summed E-state index contributed by atoms with van der Waals surface area (Å²) in [5.41, 5.74) is 4.67. The summed E-state index contributed by atoms with van der Waals surface area (Å²) in [6, 6.07) is 0. The summed E-state index contributed by atoms with van der Waals surface area (Å²) in [6.07, 6.45) is -0.222. The topological polar surface area (TPSA) is 52.0 Å². The second-order valence-corrected chi connectivity index (χ2v) is 3.07. The first-order chi connectivity index (χ1) is 5.67. The Balaban J connectivity index is 2.36. The lowest BCUT2D eigenvalue weighted by molar-refractivity contribution is 0.102. The highest BCUT2D eigenvalue weighted by Gasteiger charge is 2.54. The van der Waals surface area contributed by atoms with E-state index in [1.165, 1.54) is 6.26 Å². The Kier molecular flexibility index (Phi) is 1.37. The molecule has 0 saturated heterocycles. The molecule has 1 heterocycles. The Labute approximate surface area is 67.5 Å². The zero-order valence-electron chi connectivity index (χ0n) is 6.26. The molecule has 0 radical (unpaired) electrons. The third-order valence-corrected chi connectivity index (χ3v) is 2.34. The maximum Gasteiger partial charge on any atom is 0.248 e. The number of hydrogen-bond acceptors (Lipinski definition) is 3. The van der Waals surface area contributed by atoms with E-state index < -0.39 is 11.8 Å². The van der Waals surface area contributed by atoms with Gasteiger partial charge >= 0.3 is 0 Å². The van der Waals surface area contributed by atoms with Crippen molar-refractivity contribution in [2.24, 2.45) is 0 Å². The lowest BCUT2D eigenvalue weighted by atomic mass is 10.00. The molecule has 1 aliphatic carbocycles. The van der Waals surface area contributed by atoms with E-state index >= 15 is 0 Å². The first-order valence-electron chi connectivity index (χ1n) is 3.65. The first kappa shape index (κ1) is 7.52. The Hall–Kier alpha value is -1.13. The molecule has 66 valence electrons. The van der Waals surface area contributed by atoms with Crippen LogP contribution in [0.1, 0.15) is 18.4 Å². The molecule has 0 unspecified atom stereocenters. The molecular formula is C7H8F2N2O. The molecule has 2 rings (SSSR count). The van der Waals surface area contributed by atoms with Crippen LogP contribution in [-0.2, 0) is 5.41 Å². The Morgan fingerprint density at radius 2 is 2.25 bits per heavy atom. The van der Waals surface area contributed by atoms with E-state index in [1.807, 2.05) is 0 Å². The zero-order valence-corrected chi connectivity index (χ0v) is 6.26. The average Bonchev–Trinajstić information content (AvgIpc) is 2.71. The number of nitrogens with zero attached hydrogens (tertiary/aromatic N) is 1. The van der Waals surface area contributed by atoms with Crippen molar-refractivity contribution in [3.63, 3.8) is 0 Å². The third kappa shape index (κ3) is 0.821. The number of nitrogen functional groups attached to an aromatic ring is 1. The number of nitrogens with two attached hydrogens (primary N) is 1.